The van der Waals surface area contributed by atoms with E-state index in [1.807, 2.05) is 48.5 Å². The zero-order chi connectivity index (χ0) is 13.8. The number of anilines is 1. The van der Waals surface area contributed by atoms with Gasteiger partial charge in [-0.05, 0) is 24.3 Å². The smallest absolute Gasteiger partial charge is 0.141 e. The molecule has 0 spiro atoms. The molecule has 0 radical (unpaired) electrons. The van der Waals surface area contributed by atoms with Crippen LogP contribution in [0.2, 0.25) is 0 Å². The molecule has 0 bridgehead atoms. The molecule has 4 nitrogen and oxygen atoms in total. The van der Waals surface area contributed by atoms with Crippen LogP contribution in [-0.4, -0.2) is 9.97 Å². The summed E-state index contributed by atoms with van der Waals surface area (Å²) in [6.45, 7) is 0. The minimum Gasteiger partial charge on any atom is -0.322 e. The highest BCUT2D eigenvalue weighted by Gasteiger charge is 2.03. The second-order valence-corrected chi connectivity index (χ2v) is 4.88. The summed E-state index contributed by atoms with van der Waals surface area (Å²) in [5.41, 5.74) is 2.25. The maximum atomic E-state index is 8.84. The molecular formula is C15H10N4S. The summed E-state index contributed by atoms with van der Waals surface area (Å²) < 4.78 is 3.24. The predicted octanol–water partition coefficient (Wildman–Crippen LogP) is 3.62. The van der Waals surface area contributed by atoms with Crippen molar-refractivity contribution < 1.29 is 0 Å². The van der Waals surface area contributed by atoms with Crippen molar-refractivity contribution in [2.75, 3.05) is 4.72 Å². The monoisotopic (exact) mass is 278 g/mol. The molecule has 0 saturated carbocycles. The fourth-order valence-electron chi connectivity index (χ4n) is 1.83. The van der Waals surface area contributed by atoms with Gasteiger partial charge >= 0.3 is 0 Å². The Bertz CT molecular complexity index is 790. The maximum absolute atomic E-state index is 8.84. The van der Waals surface area contributed by atoms with E-state index in [1.54, 1.807) is 12.3 Å². The summed E-state index contributed by atoms with van der Waals surface area (Å²) >= 11 is 1.37. The Balaban J connectivity index is 1.85. The zero-order valence-corrected chi connectivity index (χ0v) is 11.3. The van der Waals surface area contributed by atoms with Crippen LogP contribution in [0, 0.1) is 11.3 Å². The summed E-state index contributed by atoms with van der Waals surface area (Å²) in [6.07, 6.45) is 1.77. The van der Waals surface area contributed by atoms with E-state index >= 15 is 0 Å². The van der Waals surface area contributed by atoms with Gasteiger partial charge in [0.1, 0.15) is 16.8 Å². The van der Waals surface area contributed by atoms with E-state index in [0.29, 0.717) is 5.69 Å². The molecule has 96 valence electrons. The van der Waals surface area contributed by atoms with E-state index in [0.717, 1.165) is 21.6 Å². The van der Waals surface area contributed by atoms with Crippen molar-refractivity contribution in [1.82, 2.24) is 9.97 Å². The van der Waals surface area contributed by atoms with Gasteiger partial charge in [0, 0.05) is 23.5 Å². The Hall–Kier alpha value is -2.58. The first-order valence-electron chi connectivity index (χ1n) is 6.00. The van der Waals surface area contributed by atoms with Gasteiger partial charge in [-0.3, -0.25) is 4.98 Å². The third-order valence-electron chi connectivity index (χ3n) is 2.74. The molecule has 1 N–H and O–H groups in total. The Morgan fingerprint density at radius 3 is 2.80 bits per heavy atom. The summed E-state index contributed by atoms with van der Waals surface area (Å²) in [6, 6.07) is 17.3. The van der Waals surface area contributed by atoms with E-state index < -0.39 is 0 Å². The molecular weight excluding hydrogens is 268 g/mol. The van der Waals surface area contributed by atoms with Crippen LogP contribution < -0.4 is 4.72 Å². The number of rotatable bonds is 3. The van der Waals surface area contributed by atoms with E-state index in [-0.39, 0.29) is 0 Å². The predicted molar refractivity (Wildman–Crippen MR) is 80.2 cm³/mol. The van der Waals surface area contributed by atoms with Crippen molar-refractivity contribution in [1.29, 1.82) is 5.26 Å². The van der Waals surface area contributed by atoms with Gasteiger partial charge in [-0.25, -0.2) is 4.98 Å². The van der Waals surface area contributed by atoms with Gasteiger partial charge < -0.3 is 4.72 Å². The average molecular weight is 278 g/mol. The molecule has 0 unspecified atom stereocenters. The highest BCUT2D eigenvalue weighted by atomic mass is 32.2. The number of para-hydroxylation sites is 1. The molecule has 0 atom stereocenters. The summed E-state index contributed by atoms with van der Waals surface area (Å²) in [4.78, 5) is 8.58. The molecule has 20 heavy (non-hydrogen) atoms. The maximum Gasteiger partial charge on any atom is 0.141 e. The average Bonchev–Trinajstić information content (AvgIpc) is 2.53. The second kappa shape index (κ2) is 5.59. The SMILES string of the molecule is N#Cc1cccc(SNc2cccc3cccnc23)n1. The van der Waals surface area contributed by atoms with Gasteiger partial charge in [0.25, 0.3) is 0 Å². The van der Waals surface area contributed by atoms with Gasteiger partial charge in [-0.1, -0.05) is 24.3 Å². The molecule has 0 amide bonds. The van der Waals surface area contributed by atoms with Crippen molar-refractivity contribution >= 4 is 28.5 Å². The van der Waals surface area contributed by atoms with Crippen LogP contribution in [0.3, 0.4) is 0 Å². The van der Waals surface area contributed by atoms with Gasteiger partial charge in [-0.15, -0.1) is 0 Å². The number of nitrogens with one attached hydrogen (secondary N) is 1. The first-order chi connectivity index (χ1) is 9.86. The Labute approximate surface area is 120 Å². The quantitative estimate of drug-likeness (QED) is 0.741. The fourth-order valence-corrected chi connectivity index (χ4v) is 2.50. The van der Waals surface area contributed by atoms with Gasteiger partial charge in [-0.2, -0.15) is 5.26 Å². The molecule has 2 heterocycles. The molecule has 0 aliphatic rings. The normalized spacial score (nSPS) is 10.2. The van der Waals surface area contributed by atoms with Crippen molar-refractivity contribution in [2.45, 2.75) is 5.03 Å². The number of nitriles is 1. The molecule has 2 aromatic heterocycles. The van der Waals surface area contributed by atoms with Crippen LogP contribution in [0.25, 0.3) is 10.9 Å². The Morgan fingerprint density at radius 2 is 1.90 bits per heavy atom. The fraction of sp³-hybridized carbons (Fsp3) is 0. The first-order valence-corrected chi connectivity index (χ1v) is 6.82. The first kappa shape index (κ1) is 12.5. The highest BCUT2D eigenvalue weighted by Crippen LogP contribution is 2.25. The molecule has 0 fully saturated rings. The van der Waals surface area contributed by atoms with Crippen molar-refractivity contribution in [3.63, 3.8) is 0 Å². The van der Waals surface area contributed by atoms with Crippen LogP contribution in [0.1, 0.15) is 5.69 Å². The topological polar surface area (TPSA) is 61.6 Å². The number of hydrogen-bond acceptors (Lipinski definition) is 5. The summed E-state index contributed by atoms with van der Waals surface area (Å²) in [5.74, 6) is 0. The van der Waals surface area contributed by atoms with Gasteiger partial charge in [0.15, 0.2) is 0 Å². The second-order valence-electron chi connectivity index (χ2n) is 4.06. The summed E-state index contributed by atoms with van der Waals surface area (Å²) in [7, 11) is 0. The van der Waals surface area contributed by atoms with Gasteiger partial charge in [0.05, 0.1) is 11.2 Å². The molecule has 0 aliphatic carbocycles. The van der Waals surface area contributed by atoms with E-state index in [1.165, 1.54) is 11.9 Å². The number of benzene rings is 1. The largest absolute Gasteiger partial charge is 0.322 e. The van der Waals surface area contributed by atoms with Crippen molar-refractivity contribution in [2.24, 2.45) is 0 Å². The number of fused-ring (bicyclic) bond motifs is 1. The third kappa shape index (κ3) is 2.56. The van der Waals surface area contributed by atoms with Crippen molar-refractivity contribution in [3.8, 4) is 6.07 Å². The zero-order valence-electron chi connectivity index (χ0n) is 10.4. The van der Waals surface area contributed by atoms with E-state index in [4.69, 9.17) is 5.26 Å². The van der Waals surface area contributed by atoms with E-state index in [9.17, 15) is 0 Å². The molecule has 3 aromatic rings. The molecule has 1 aromatic carbocycles. The minimum absolute atomic E-state index is 0.410. The lowest BCUT2D eigenvalue weighted by molar-refractivity contribution is 1.11. The van der Waals surface area contributed by atoms with Crippen LogP contribution >= 0.6 is 11.9 Å². The Kier molecular flexibility index (Phi) is 3.48. The number of hydrogen-bond donors (Lipinski definition) is 1. The van der Waals surface area contributed by atoms with Gasteiger partial charge in [0.2, 0.25) is 0 Å². The lowest BCUT2D eigenvalue weighted by Crippen LogP contribution is -1.92. The lowest BCUT2D eigenvalue weighted by atomic mass is 10.2. The lowest BCUT2D eigenvalue weighted by Gasteiger charge is -2.07. The van der Waals surface area contributed by atoms with E-state index in [2.05, 4.69) is 14.7 Å². The standard InChI is InChI=1S/C15H10N4S/c16-10-12-6-2-8-14(18-12)20-19-13-7-1-4-11-5-3-9-17-15(11)13/h1-9,19H. The molecule has 3 rings (SSSR count). The number of pyridine rings is 2. The minimum atomic E-state index is 0.410. The molecule has 5 heteroatoms. The number of nitrogens with zero attached hydrogens (tertiary/aromatic N) is 3. The summed E-state index contributed by atoms with van der Waals surface area (Å²) in [5, 5.41) is 10.7. The number of aromatic nitrogens is 2. The van der Waals surface area contributed by atoms with Crippen LogP contribution in [0.15, 0.2) is 59.8 Å². The van der Waals surface area contributed by atoms with Crippen LogP contribution in [0.4, 0.5) is 5.69 Å². The molecule has 0 saturated heterocycles. The van der Waals surface area contributed by atoms with Crippen LogP contribution in [-0.2, 0) is 0 Å². The third-order valence-corrected chi connectivity index (χ3v) is 3.49. The Morgan fingerprint density at radius 1 is 1.05 bits per heavy atom. The van der Waals surface area contributed by atoms with Crippen molar-refractivity contribution in [3.05, 3.63) is 60.4 Å². The van der Waals surface area contributed by atoms with Crippen LogP contribution in [0.5, 0.6) is 0 Å². The highest BCUT2D eigenvalue weighted by molar-refractivity contribution is 8.00. The molecule has 0 aliphatic heterocycles.